The number of hydrogen-bond acceptors (Lipinski definition) is 4. The van der Waals surface area contributed by atoms with Gasteiger partial charge in [-0.1, -0.05) is 12.2 Å². The van der Waals surface area contributed by atoms with E-state index < -0.39 is 0 Å². The van der Waals surface area contributed by atoms with E-state index >= 15 is 0 Å². The van der Waals surface area contributed by atoms with Crippen LogP contribution in [-0.4, -0.2) is 25.3 Å². The van der Waals surface area contributed by atoms with Crippen molar-refractivity contribution in [1.29, 1.82) is 0 Å². The average molecular weight is 285 g/mol. The van der Waals surface area contributed by atoms with E-state index in [9.17, 15) is 4.79 Å². The zero-order valence-corrected chi connectivity index (χ0v) is 12.0. The lowest BCUT2D eigenvalue weighted by Gasteiger charge is -2.31. The fourth-order valence-corrected chi connectivity index (χ4v) is 2.73. The minimum absolute atomic E-state index is 0.132. The summed E-state index contributed by atoms with van der Waals surface area (Å²) in [6.45, 7) is 0.204. The Kier molecular flexibility index (Phi) is 3.90. The lowest BCUT2D eigenvalue weighted by atomic mass is 9.74. The second-order valence-corrected chi connectivity index (χ2v) is 5.36. The highest BCUT2D eigenvalue weighted by atomic mass is 16.5. The van der Waals surface area contributed by atoms with E-state index in [2.05, 4.69) is 28.0 Å². The average Bonchev–Trinajstić information content (AvgIpc) is 2.87. The summed E-state index contributed by atoms with van der Waals surface area (Å²) >= 11 is 0. The minimum Gasteiger partial charge on any atom is -0.497 e. The SMILES string of the molecule is COc1ccc(NCC(=O)N/N=C2/C[C@@H]3C=CC[C@@H]23)cc1. The van der Waals surface area contributed by atoms with Crippen molar-refractivity contribution in [2.75, 3.05) is 19.0 Å². The number of anilines is 1. The zero-order chi connectivity index (χ0) is 14.7. The second-order valence-electron chi connectivity index (χ2n) is 5.36. The molecule has 0 saturated heterocycles. The van der Waals surface area contributed by atoms with Crippen LogP contribution in [0.1, 0.15) is 12.8 Å². The van der Waals surface area contributed by atoms with Crippen LogP contribution in [0.4, 0.5) is 5.69 Å². The lowest BCUT2D eigenvalue weighted by molar-refractivity contribution is -0.119. The standard InChI is InChI=1S/C16H19N3O2/c1-21-13-7-5-12(6-8-13)17-10-16(20)19-18-15-9-11-3-2-4-14(11)15/h2-3,5-8,11,14,17H,4,9-10H2,1H3,(H,19,20)/b18-15-/t11-,14+/m0/s1. The van der Waals surface area contributed by atoms with Gasteiger partial charge in [0.15, 0.2) is 0 Å². The molecule has 1 fully saturated rings. The van der Waals surface area contributed by atoms with Crippen molar-refractivity contribution in [3.8, 4) is 5.75 Å². The van der Waals surface area contributed by atoms with Crippen molar-refractivity contribution in [2.24, 2.45) is 16.9 Å². The molecule has 110 valence electrons. The van der Waals surface area contributed by atoms with E-state index in [0.717, 1.165) is 30.0 Å². The van der Waals surface area contributed by atoms with Gasteiger partial charge >= 0.3 is 0 Å². The molecule has 1 amide bonds. The van der Waals surface area contributed by atoms with Crippen molar-refractivity contribution >= 4 is 17.3 Å². The Bertz CT molecular complexity index is 578. The van der Waals surface area contributed by atoms with Crippen molar-refractivity contribution in [1.82, 2.24) is 5.43 Å². The summed E-state index contributed by atoms with van der Waals surface area (Å²) in [7, 11) is 1.62. The molecule has 2 N–H and O–H groups in total. The van der Waals surface area contributed by atoms with Gasteiger partial charge in [0.1, 0.15) is 5.75 Å². The number of fused-ring (bicyclic) bond motifs is 1. The maximum absolute atomic E-state index is 11.8. The maximum atomic E-state index is 11.8. The molecule has 2 atom stereocenters. The fraction of sp³-hybridized carbons (Fsp3) is 0.375. The van der Waals surface area contributed by atoms with Gasteiger partial charge in [-0.3, -0.25) is 4.79 Å². The summed E-state index contributed by atoms with van der Waals surface area (Å²) in [6, 6.07) is 7.45. The third kappa shape index (κ3) is 3.07. The monoisotopic (exact) mass is 285 g/mol. The van der Waals surface area contributed by atoms with Gasteiger partial charge in [-0.25, -0.2) is 5.43 Å². The first-order chi connectivity index (χ1) is 10.3. The van der Waals surface area contributed by atoms with Crippen LogP contribution < -0.4 is 15.5 Å². The van der Waals surface area contributed by atoms with Crippen LogP contribution in [0.25, 0.3) is 0 Å². The van der Waals surface area contributed by atoms with Crippen LogP contribution in [0, 0.1) is 11.8 Å². The maximum Gasteiger partial charge on any atom is 0.259 e. The van der Waals surface area contributed by atoms with Gasteiger partial charge in [-0.2, -0.15) is 5.10 Å². The zero-order valence-electron chi connectivity index (χ0n) is 12.0. The van der Waals surface area contributed by atoms with E-state index in [-0.39, 0.29) is 12.5 Å². The van der Waals surface area contributed by atoms with Crippen molar-refractivity contribution in [2.45, 2.75) is 12.8 Å². The molecule has 1 saturated carbocycles. The number of methoxy groups -OCH3 is 1. The van der Waals surface area contributed by atoms with Gasteiger partial charge in [-0.05, 0) is 43.0 Å². The first kappa shape index (κ1) is 13.7. The molecule has 1 aromatic rings. The highest BCUT2D eigenvalue weighted by Crippen LogP contribution is 2.39. The highest BCUT2D eigenvalue weighted by Gasteiger charge is 2.37. The Labute approximate surface area is 124 Å². The Hall–Kier alpha value is -2.30. The molecule has 1 aromatic carbocycles. The summed E-state index contributed by atoms with van der Waals surface area (Å²) in [5.74, 6) is 1.84. The van der Waals surface area contributed by atoms with Crippen LogP contribution in [-0.2, 0) is 4.79 Å². The molecule has 0 radical (unpaired) electrons. The normalized spacial score (nSPS) is 24.3. The first-order valence-electron chi connectivity index (χ1n) is 7.16. The number of benzene rings is 1. The number of hydrogen-bond donors (Lipinski definition) is 2. The van der Waals surface area contributed by atoms with E-state index in [1.807, 2.05) is 24.3 Å². The topological polar surface area (TPSA) is 62.7 Å². The smallest absolute Gasteiger partial charge is 0.259 e. The molecule has 2 aliphatic rings. The molecule has 0 spiro atoms. The number of ether oxygens (including phenoxy) is 1. The third-order valence-electron chi connectivity index (χ3n) is 4.03. The summed E-state index contributed by atoms with van der Waals surface area (Å²) in [5.41, 5.74) is 4.61. The van der Waals surface area contributed by atoms with Crippen LogP contribution in [0.2, 0.25) is 0 Å². The van der Waals surface area contributed by atoms with Crippen molar-refractivity contribution in [3.05, 3.63) is 36.4 Å². The minimum atomic E-state index is -0.132. The van der Waals surface area contributed by atoms with Gasteiger partial charge < -0.3 is 10.1 Å². The van der Waals surface area contributed by atoms with Crippen LogP contribution in [0.15, 0.2) is 41.5 Å². The van der Waals surface area contributed by atoms with E-state index in [1.54, 1.807) is 7.11 Å². The van der Waals surface area contributed by atoms with E-state index in [0.29, 0.717) is 11.8 Å². The predicted molar refractivity (Wildman–Crippen MR) is 82.4 cm³/mol. The van der Waals surface area contributed by atoms with Crippen molar-refractivity contribution < 1.29 is 9.53 Å². The molecule has 0 unspecified atom stereocenters. The Balaban J connectivity index is 1.43. The number of amides is 1. The third-order valence-corrected chi connectivity index (χ3v) is 4.03. The molecular weight excluding hydrogens is 266 g/mol. The molecule has 5 nitrogen and oxygen atoms in total. The van der Waals surface area contributed by atoms with E-state index in [1.165, 1.54) is 0 Å². The number of allylic oxidation sites excluding steroid dienone is 2. The molecular formula is C16H19N3O2. The lowest BCUT2D eigenvalue weighted by Crippen LogP contribution is -2.36. The van der Waals surface area contributed by atoms with E-state index in [4.69, 9.17) is 4.74 Å². The number of carbonyl (C=O) groups excluding carboxylic acids is 1. The Morgan fingerprint density at radius 2 is 2.19 bits per heavy atom. The van der Waals surface area contributed by atoms with Crippen LogP contribution >= 0.6 is 0 Å². The van der Waals surface area contributed by atoms with Gasteiger partial charge in [-0.15, -0.1) is 0 Å². The molecule has 0 bridgehead atoms. The Morgan fingerprint density at radius 1 is 1.38 bits per heavy atom. The number of nitrogens with zero attached hydrogens (tertiary/aromatic N) is 1. The molecule has 5 heteroatoms. The first-order valence-corrected chi connectivity index (χ1v) is 7.16. The molecule has 0 aromatic heterocycles. The highest BCUT2D eigenvalue weighted by molar-refractivity contribution is 5.95. The van der Waals surface area contributed by atoms with Gasteiger partial charge in [0, 0.05) is 17.3 Å². The number of hydrazone groups is 1. The van der Waals surface area contributed by atoms with Gasteiger partial charge in [0.05, 0.1) is 13.7 Å². The van der Waals surface area contributed by atoms with Crippen LogP contribution in [0.3, 0.4) is 0 Å². The largest absolute Gasteiger partial charge is 0.497 e. The summed E-state index contributed by atoms with van der Waals surface area (Å²) in [5, 5.41) is 7.28. The quantitative estimate of drug-likeness (QED) is 0.644. The molecule has 3 rings (SSSR count). The molecule has 21 heavy (non-hydrogen) atoms. The number of carbonyl (C=O) groups is 1. The van der Waals surface area contributed by atoms with Crippen molar-refractivity contribution in [3.63, 3.8) is 0 Å². The van der Waals surface area contributed by atoms with Crippen LogP contribution in [0.5, 0.6) is 5.75 Å². The Morgan fingerprint density at radius 3 is 2.90 bits per heavy atom. The predicted octanol–water partition coefficient (Wildman–Crippen LogP) is 2.18. The molecule has 0 heterocycles. The summed E-state index contributed by atoms with van der Waals surface area (Å²) < 4.78 is 5.08. The number of nitrogens with one attached hydrogen (secondary N) is 2. The number of rotatable bonds is 5. The summed E-state index contributed by atoms with van der Waals surface area (Å²) in [6.07, 6.45) is 6.48. The molecule has 2 aliphatic carbocycles. The molecule has 0 aliphatic heterocycles. The fourth-order valence-electron chi connectivity index (χ4n) is 2.73. The van der Waals surface area contributed by atoms with Gasteiger partial charge in [0.2, 0.25) is 0 Å². The summed E-state index contributed by atoms with van der Waals surface area (Å²) in [4.78, 5) is 11.8. The second kappa shape index (κ2) is 5.99. The van der Waals surface area contributed by atoms with Gasteiger partial charge in [0.25, 0.3) is 5.91 Å².